The summed E-state index contributed by atoms with van der Waals surface area (Å²) in [5.41, 5.74) is 0.628. The Morgan fingerprint density at radius 2 is 1.24 bits per heavy atom. The molecule has 0 unspecified atom stereocenters. The first-order valence-electron chi connectivity index (χ1n) is 9.22. The van der Waals surface area contributed by atoms with Gasteiger partial charge in [-0.05, 0) is 41.8 Å². The third kappa shape index (κ3) is 3.82. The molecule has 0 heterocycles. The molecule has 2 aromatic carbocycles. The summed E-state index contributed by atoms with van der Waals surface area (Å²) in [5, 5.41) is 34.8. The molecule has 29 heavy (non-hydrogen) atoms. The molecule has 0 aromatic heterocycles. The van der Waals surface area contributed by atoms with E-state index in [1.807, 2.05) is 0 Å². The summed E-state index contributed by atoms with van der Waals surface area (Å²) in [6, 6.07) is 6.76. The monoisotopic (exact) mass is 406 g/mol. The zero-order valence-electron chi connectivity index (χ0n) is 15.5. The Hall–Kier alpha value is -2.94. The lowest BCUT2D eigenvalue weighted by Crippen LogP contribution is -2.58. The number of hydrogen-bond donors (Lipinski definition) is 1. The van der Waals surface area contributed by atoms with Gasteiger partial charge in [0.2, 0.25) is 6.04 Å². The van der Waals surface area contributed by atoms with Gasteiger partial charge in [-0.1, -0.05) is 31.2 Å². The maximum absolute atomic E-state index is 13.4. The Labute approximate surface area is 165 Å². The van der Waals surface area contributed by atoms with Gasteiger partial charge in [-0.25, -0.2) is 8.78 Å². The van der Waals surface area contributed by atoms with E-state index in [1.165, 1.54) is 24.3 Å². The molecule has 3 rings (SSSR count). The van der Waals surface area contributed by atoms with Gasteiger partial charge >= 0.3 is 0 Å². The number of rotatable bonds is 5. The summed E-state index contributed by atoms with van der Waals surface area (Å²) in [5.74, 6) is -4.04. The minimum atomic E-state index is -1.63. The molecule has 2 aromatic rings. The van der Waals surface area contributed by atoms with E-state index in [-0.39, 0.29) is 12.0 Å². The summed E-state index contributed by atoms with van der Waals surface area (Å²) in [7, 11) is 0. The van der Waals surface area contributed by atoms with Crippen LogP contribution in [-0.4, -0.2) is 33.1 Å². The number of halogens is 2. The molecule has 0 spiro atoms. The largest absolute Gasteiger partial charge is 0.386 e. The van der Waals surface area contributed by atoms with Crippen LogP contribution in [0.15, 0.2) is 48.5 Å². The summed E-state index contributed by atoms with van der Waals surface area (Å²) < 4.78 is 26.8. The van der Waals surface area contributed by atoms with Crippen molar-refractivity contribution >= 4 is 0 Å². The molecule has 154 valence electrons. The van der Waals surface area contributed by atoms with Crippen molar-refractivity contribution in [3.05, 3.63) is 91.5 Å². The molecule has 1 N–H and O–H groups in total. The van der Waals surface area contributed by atoms with Crippen LogP contribution >= 0.6 is 0 Å². The van der Waals surface area contributed by atoms with Crippen molar-refractivity contribution in [1.82, 2.24) is 0 Å². The van der Waals surface area contributed by atoms with Crippen LogP contribution in [0.3, 0.4) is 0 Å². The van der Waals surface area contributed by atoms with Crippen molar-refractivity contribution < 1.29 is 23.7 Å². The van der Waals surface area contributed by atoms with E-state index in [4.69, 9.17) is 0 Å². The summed E-state index contributed by atoms with van der Waals surface area (Å²) in [6.07, 6.45) is -1.20. The summed E-state index contributed by atoms with van der Waals surface area (Å²) >= 11 is 0. The molecule has 0 bridgehead atoms. The molecule has 1 fully saturated rings. The first-order chi connectivity index (χ1) is 13.8. The van der Waals surface area contributed by atoms with Crippen LogP contribution in [0.25, 0.3) is 0 Å². The van der Waals surface area contributed by atoms with Gasteiger partial charge in [-0.3, -0.25) is 20.2 Å². The van der Waals surface area contributed by atoms with E-state index in [1.54, 1.807) is 6.92 Å². The Bertz CT molecular complexity index is 891. The quantitative estimate of drug-likeness (QED) is 0.604. The van der Waals surface area contributed by atoms with Crippen molar-refractivity contribution in [3.63, 3.8) is 0 Å². The van der Waals surface area contributed by atoms with Crippen LogP contribution in [0.4, 0.5) is 8.78 Å². The standard InChI is InChI=1S/C20H20F2N2O5/c1-2-15-16(11-3-7-13(21)8-4-11)18(23(26)27)17(19(20(15)25)24(28)29)12-5-9-14(22)10-6-12/h3-10,15-20,25H,2H2,1H3/t15-,16-,17-,18-,19+,20-/m1/s1. The van der Waals surface area contributed by atoms with E-state index < -0.39 is 57.4 Å². The van der Waals surface area contributed by atoms with Gasteiger partial charge in [0.15, 0.2) is 0 Å². The molecule has 6 atom stereocenters. The highest BCUT2D eigenvalue weighted by Crippen LogP contribution is 2.48. The molecule has 0 amide bonds. The van der Waals surface area contributed by atoms with Gasteiger partial charge < -0.3 is 5.11 Å². The van der Waals surface area contributed by atoms with Crippen molar-refractivity contribution in [2.75, 3.05) is 0 Å². The lowest BCUT2D eigenvalue weighted by Gasteiger charge is -2.42. The van der Waals surface area contributed by atoms with Crippen LogP contribution in [0.1, 0.15) is 36.3 Å². The number of nitro groups is 2. The predicted molar refractivity (Wildman–Crippen MR) is 99.6 cm³/mol. The summed E-state index contributed by atoms with van der Waals surface area (Å²) in [6.45, 7) is 1.69. The number of aliphatic hydroxyl groups is 1. The van der Waals surface area contributed by atoms with Crippen LogP contribution < -0.4 is 0 Å². The first-order valence-corrected chi connectivity index (χ1v) is 9.22. The van der Waals surface area contributed by atoms with Crippen molar-refractivity contribution in [3.8, 4) is 0 Å². The van der Waals surface area contributed by atoms with Gasteiger partial charge in [0.05, 0.1) is 5.92 Å². The molecule has 0 aliphatic heterocycles. The molecular formula is C20H20F2N2O5. The van der Waals surface area contributed by atoms with Crippen LogP contribution in [0.2, 0.25) is 0 Å². The van der Waals surface area contributed by atoms with Gasteiger partial charge in [-0.15, -0.1) is 0 Å². The molecular weight excluding hydrogens is 386 g/mol. The average Bonchev–Trinajstić information content (AvgIpc) is 2.67. The Balaban J connectivity index is 2.21. The summed E-state index contributed by atoms with van der Waals surface area (Å²) in [4.78, 5) is 22.7. The SMILES string of the molecule is CC[C@H]1[C@@H](O)[C@@H]([N+](=O)[O-])[C@H](c2ccc(F)cc2)[C@H]([N+](=O)[O-])[C@@H]1c1ccc(F)cc1. The van der Waals surface area contributed by atoms with Gasteiger partial charge in [-0.2, -0.15) is 0 Å². The lowest BCUT2D eigenvalue weighted by molar-refractivity contribution is -0.588. The van der Waals surface area contributed by atoms with Gasteiger partial charge in [0.25, 0.3) is 6.04 Å². The maximum Gasteiger partial charge on any atom is 0.252 e. The Morgan fingerprint density at radius 1 is 0.828 bits per heavy atom. The fraction of sp³-hybridized carbons (Fsp3) is 0.400. The van der Waals surface area contributed by atoms with E-state index in [2.05, 4.69) is 0 Å². The van der Waals surface area contributed by atoms with Crippen LogP contribution in [0, 0.1) is 37.8 Å². The average molecular weight is 406 g/mol. The third-order valence-corrected chi connectivity index (χ3v) is 5.82. The van der Waals surface area contributed by atoms with Gasteiger partial charge in [0, 0.05) is 15.8 Å². The maximum atomic E-state index is 13.4. The van der Waals surface area contributed by atoms with Crippen molar-refractivity contribution in [2.45, 2.75) is 43.4 Å². The fourth-order valence-electron chi connectivity index (χ4n) is 4.58. The van der Waals surface area contributed by atoms with E-state index in [9.17, 15) is 34.1 Å². The topological polar surface area (TPSA) is 107 Å². The second-order valence-corrected chi connectivity index (χ2v) is 7.27. The number of aliphatic hydroxyl groups excluding tert-OH is 1. The normalized spacial score (nSPS) is 29.4. The minimum Gasteiger partial charge on any atom is -0.386 e. The third-order valence-electron chi connectivity index (χ3n) is 5.82. The van der Waals surface area contributed by atoms with E-state index in [0.29, 0.717) is 5.56 Å². The molecule has 9 heteroatoms. The Morgan fingerprint density at radius 3 is 1.62 bits per heavy atom. The fourth-order valence-corrected chi connectivity index (χ4v) is 4.58. The highest BCUT2D eigenvalue weighted by atomic mass is 19.1. The van der Waals surface area contributed by atoms with E-state index in [0.717, 1.165) is 24.3 Å². The second kappa shape index (κ2) is 8.20. The molecule has 1 aliphatic carbocycles. The highest BCUT2D eigenvalue weighted by Gasteiger charge is 2.61. The van der Waals surface area contributed by atoms with Crippen molar-refractivity contribution in [2.24, 2.45) is 5.92 Å². The predicted octanol–water partition coefficient (Wildman–Crippen LogP) is 3.52. The minimum absolute atomic E-state index is 0.204. The lowest BCUT2D eigenvalue weighted by atomic mass is 9.62. The zero-order valence-corrected chi connectivity index (χ0v) is 15.5. The Kier molecular flexibility index (Phi) is 5.88. The molecule has 7 nitrogen and oxygen atoms in total. The van der Waals surface area contributed by atoms with E-state index >= 15 is 0 Å². The highest BCUT2D eigenvalue weighted by molar-refractivity contribution is 5.31. The number of hydrogen-bond acceptors (Lipinski definition) is 5. The molecule has 0 radical (unpaired) electrons. The zero-order chi connectivity index (χ0) is 21.3. The van der Waals surface area contributed by atoms with Gasteiger partial charge in [0.1, 0.15) is 23.7 Å². The van der Waals surface area contributed by atoms with Crippen LogP contribution in [0.5, 0.6) is 0 Å². The smallest absolute Gasteiger partial charge is 0.252 e. The second-order valence-electron chi connectivity index (χ2n) is 7.27. The molecule has 1 saturated carbocycles. The van der Waals surface area contributed by atoms with Crippen LogP contribution in [-0.2, 0) is 0 Å². The molecule has 1 aliphatic rings. The molecule has 0 saturated heterocycles. The number of nitrogens with zero attached hydrogens (tertiary/aromatic N) is 2. The first kappa shape index (κ1) is 20.8. The number of benzene rings is 2. The van der Waals surface area contributed by atoms with Crippen molar-refractivity contribution in [1.29, 1.82) is 0 Å².